The van der Waals surface area contributed by atoms with E-state index in [0.29, 0.717) is 23.1 Å². The van der Waals surface area contributed by atoms with E-state index in [1.54, 1.807) is 6.26 Å². The van der Waals surface area contributed by atoms with Crippen molar-refractivity contribution in [1.82, 2.24) is 5.32 Å². The Morgan fingerprint density at radius 3 is 2.62 bits per heavy atom. The number of amides is 1. The Bertz CT molecular complexity index is 1160. The highest BCUT2D eigenvalue weighted by molar-refractivity contribution is 6.05. The van der Waals surface area contributed by atoms with Gasteiger partial charge in [-0.25, -0.2) is 0 Å². The first-order valence-electron chi connectivity index (χ1n) is 13.8. The lowest BCUT2D eigenvalue weighted by molar-refractivity contribution is -0.121. The molecule has 5 rings (SSSR count). The molecule has 1 amide bonds. The van der Waals surface area contributed by atoms with Crippen LogP contribution in [0.2, 0.25) is 0 Å². The zero-order valence-electron chi connectivity index (χ0n) is 23.7. The number of fused-ring (bicyclic) bond motifs is 4. The van der Waals surface area contributed by atoms with Crippen LogP contribution in [0, 0.1) is 23.2 Å². The molecule has 0 spiro atoms. The van der Waals surface area contributed by atoms with Gasteiger partial charge in [-0.05, 0) is 95.4 Å². The molecule has 2 bridgehead atoms. The van der Waals surface area contributed by atoms with Crippen LogP contribution in [-0.4, -0.2) is 34.8 Å². The van der Waals surface area contributed by atoms with Gasteiger partial charge in [-0.2, -0.15) is 0 Å². The van der Waals surface area contributed by atoms with E-state index in [1.165, 1.54) is 5.57 Å². The minimum atomic E-state index is -0.749. The largest absolute Gasteiger partial charge is 0.480 e. The topological polar surface area (TPSA) is 79.8 Å². The Hall–Kier alpha value is -2.31. The molecule has 2 heterocycles. The van der Waals surface area contributed by atoms with Crippen LogP contribution in [0.25, 0.3) is 0 Å². The zero-order valence-corrected chi connectivity index (χ0v) is 23.7. The summed E-state index contributed by atoms with van der Waals surface area (Å²) in [6, 6.07) is 3.96. The molecule has 5 unspecified atom stereocenters. The molecule has 4 aliphatic rings. The summed E-state index contributed by atoms with van der Waals surface area (Å²) in [6.07, 6.45) is 9.43. The predicted molar refractivity (Wildman–Crippen MR) is 147 cm³/mol. The number of anilines is 1. The van der Waals surface area contributed by atoms with E-state index in [1.807, 2.05) is 46.0 Å². The quantitative estimate of drug-likeness (QED) is 0.442. The van der Waals surface area contributed by atoms with Gasteiger partial charge in [-0.3, -0.25) is 4.79 Å². The number of hydrogen-bond acceptors (Lipinski definition) is 5. The molecule has 1 aromatic rings. The van der Waals surface area contributed by atoms with E-state index < -0.39 is 16.6 Å². The Morgan fingerprint density at radius 1 is 1.19 bits per heavy atom. The van der Waals surface area contributed by atoms with E-state index in [9.17, 15) is 9.90 Å². The summed E-state index contributed by atoms with van der Waals surface area (Å²) in [5, 5.41) is 18.3. The first-order chi connectivity index (χ1) is 17.2. The Balaban J connectivity index is 1.59. The minimum absolute atomic E-state index is 0.00955. The monoisotopic (exact) mass is 508 g/mol. The van der Waals surface area contributed by atoms with Crippen LogP contribution in [0.15, 0.2) is 36.1 Å². The Labute approximate surface area is 221 Å². The molecule has 6 nitrogen and oxygen atoms in total. The summed E-state index contributed by atoms with van der Waals surface area (Å²) >= 11 is 0. The molecule has 6 atom stereocenters. The van der Waals surface area contributed by atoms with Gasteiger partial charge in [-0.15, -0.1) is 0 Å². The molecule has 0 saturated heterocycles. The van der Waals surface area contributed by atoms with Crippen molar-refractivity contribution in [3.05, 3.63) is 41.7 Å². The fourth-order valence-corrected chi connectivity index (χ4v) is 7.67. The number of carbonyl (C=O) groups excluding carboxylic acids is 1. The van der Waals surface area contributed by atoms with Gasteiger partial charge in [0.25, 0.3) is 0 Å². The van der Waals surface area contributed by atoms with Crippen molar-refractivity contribution in [2.75, 3.05) is 12.4 Å². The van der Waals surface area contributed by atoms with Crippen molar-refractivity contribution in [3.63, 3.8) is 0 Å². The maximum Gasteiger partial charge on any atom is 0.232 e. The fraction of sp³-hybridized carbons (Fsp3) is 0.645. The van der Waals surface area contributed by atoms with Crippen molar-refractivity contribution in [3.8, 4) is 11.5 Å². The number of nitrogens with one attached hydrogen (secondary N) is 2. The normalized spacial score (nSPS) is 36.6. The summed E-state index contributed by atoms with van der Waals surface area (Å²) in [4.78, 5) is 13.8. The molecule has 6 heteroatoms. The highest BCUT2D eigenvalue weighted by Gasteiger charge is 2.55. The van der Waals surface area contributed by atoms with E-state index in [4.69, 9.17) is 9.47 Å². The Morgan fingerprint density at radius 2 is 1.92 bits per heavy atom. The van der Waals surface area contributed by atoms with Gasteiger partial charge >= 0.3 is 0 Å². The van der Waals surface area contributed by atoms with Crippen LogP contribution >= 0.6 is 0 Å². The van der Waals surface area contributed by atoms with E-state index in [2.05, 4.69) is 44.4 Å². The molecule has 0 aromatic heterocycles. The molecule has 3 N–H and O–H groups in total. The SMILES string of the molecule is CNC1(C)CC(C)C2=CC(CC1C(C)(C)[C@H]1C(=O)Nc3c1ccc1c3OC=CC(C)(C)O1)C(C)(O)CC2. The molecule has 0 fully saturated rings. The standard InChI is InChI=1S/C31H44N2O4/c1-18-17-30(6,32-8)23(16-20-15-19(18)11-12-31(20,7)35)29(4,5)24-21-9-10-22-26(25(21)33-27(24)34)36-14-13-28(2,3)37-22/h9-10,13-15,18,20,23-24,32,35H,11-12,16-17H2,1-8H3,(H,33,34)/t18?,20?,23?,24-,30?,31?/m1/s1. The number of allylic oxidation sites excluding steroid dienone is 1. The first kappa shape index (κ1) is 26.3. The van der Waals surface area contributed by atoms with Gasteiger partial charge in [-0.1, -0.05) is 38.5 Å². The van der Waals surface area contributed by atoms with E-state index in [0.717, 1.165) is 31.2 Å². The number of aliphatic hydroxyl groups is 1. The van der Waals surface area contributed by atoms with Crippen molar-refractivity contribution in [2.45, 2.75) is 96.8 Å². The van der Waals surface area contributed by atoms with Crippen LogP contribution < -0.4 is 20.1 Å². The maximum atomic E-state index is 13.8. The lowest BCUT2D eigenvalue weighted by Crippen LogP contribution is -2.57. The third kappa shape index (κ3) is 4.30. The lowest BCUT2D eigenvalue weighted by atomic mass is 9.54. The predicted octanol–water partition coefficient (Wildman–Crippen LogP) is 5.92. The molecular formula is C31H44N2O4. The highest BCUT2D eigenvalue weighted by atomic mass is 16.5. The summed E-state index contributed by atoms with van der Waals surface area (Å²) in [7, 11) is 2.04. The van der Waals surface area contributed by atoms with Crippen LogP contribution in [-0.2, 0) is 4.79 Å². The van der Waals surface area contributed by atoms with Gasteiger partial charge in [0.1, 0.15) is 5.60 Å². The van der Waals surface area contributed by atoms with Crippen LogP contribution in [0.1, 0.15) is 85.6 Å². The second kappa shape index (κ2) is 8.60. The number of carbonyl (C=O) groups is 1. The molecule has 1 aromatic carbocycles. The fourth-order valence-electron chi connectivity index (χ4n) is 7.67. The third-order valence-electron chi connectivity index (χ3n) is 9.97. The smallest absolute Gasteiger partial charge is 0.232 e. The minimum Gasteiger partial charge on any atom is -0.480 e. The van der Waals surface area contributed by atoms with Crippen molar-refractivity contribution >= 4 is 11.6 Å². The molecule has 0 radical (unpaired) electrons. The summed E-state index contributed by atoms with van der Waals surface area (Å²) in [6.45, 7) is 15.0. The molecule has 2 aliphatic heterocycles. The number of benzene rings is 1. The maximum absolute atomic E-state index is 13.8. The van der Waals surface area contributed by atoms with E-state index >= 15 is 0 Å². The van der Waals surface area contributed by atoms with Gasteiger partial charge < -0.3 is 25.2 Å². The van der Waals surface area contributed by atoms with Crippen LogP contribution in [0.5, 0.6) is 11.5 Å². The molecule has 2 aliphatic carbocycles. The third-order valence-corrected chi connectivity index (χ3v) is 9.97. The summed E-state index contributed by atoms with van der Waals surface area (Å²) < 4.78 is 12.2. The highest BCUT2D eigenvalue weighted by Crippen LogP contribution is 2.58. The Kier molecular flexibility index (Phi) is 6.12. The van der Waals surface area contributed by atoms with Gasteiger partial charge in [0.05, 0.1) is 23.5 Å². The van der Waals surface area contributed by atoms with Crippen molar-refractivity contribution in [2.24, 2.45) is 23.2 Å². The summed E-state index contributed by atoms with van der Waals surface area (Å²) in [5.41, 5.74) is 1.24. The molecular weight excluding hydrogens is 464 g/mol. The number of rotatable bonds is 3. The second-order valence-electron chi connectivity index (χ2n) is 13.5. The zero-order chi connectivity index (χ0) is 27.0. The first-order valence-corrected chi connectivity index (χ1v) is 13.8. The van der Waals surface area contributed by atoms with Crippen LogP contribution in [0.3, 0.4) is 0 Å². The van der Waals surface area contributed by atoms with Crippen molar-refractivity contribution < 1.29 is 19.4 Å². The lowest BCUT2D eigenvalue weighted by Gasteiger charge is -2.54. The molecule has 37 heavy (non-hydrogen) atoms. The molecule has 202 valence electrons. The van der Waals surface area contributed by atoms with Gasteiger partial charge in [0.15, 0.2) is 11.5 Å². The van der Waals surface area contributed by atoms with Gasteiger partial charge in [0.2, 0.25) is 5.91 Å². The van der Waals surface area contributed by atoms with E-state index in [-0.39, 0.29) is 29.2 Å². The summed E-state index contributed by atoms with van der Waals surface area (Å²) in [5.74, 6) is 1.41. The molecule has 0 saturated carbocycles. The second-order valence-corrected chi connectivity index (χ2v) is 13.5. The average molecular weight is 509 g/mol. The van der Waals surface area contributed by atoms with Crippen molar-refractivity contribution in [1.29, 1.82) is 0 Å². The number of hydrogen-bond donors (Lipinski definition) is 3. The average Bonchev–Trinajstić information content (AvgIpc) is 3.05. The number of ether oxygens (including phenoxy) is 2. The van der Waals surface area contributed by atoms with Crippen LogP contribution in [0.4, 0.5) is 5.69 Å². The van der Waals surface area contributed by atoms with Gasteiger partial charge in [0, 0.05) is 11.5 Å².